The number of hydrogen-bond donors (Lipinski definition) is 1. The Morgan fingerprint density at radius 3 is 2.59 bits per heavy atom. The molecule has 1 amide bonds. The summed E-state index contributed by atoms with van der Waals surface area (Å²) in [6.45, 7) is 0.888. The predicted octanol–water partition coefficient (Wildman–Crippen LogP) is 1.95. The van der Waals surface area contributed by atoms with Crippen molar-refractivity contribution in [3.8, 4) is 0 Å². The molecule has 0 radical (unpaired) electrons. The van der Waals surface area contributed by atoms with Gasteiger partial charge in [-0.15, -0.1) is 11.6 Å². The van der Waals surface area contributed by atoms with E-state index < -0.39 is 6.09 Å². The number of fused-ring (bicyclic) bond motifs is 1. The molecule has 1 aromatic carbocycles. The number of carbonyl (C=O) groups excluding carboxylic acids is 1. The highest BCUT2D eigenvalue weighted by Crippen LogP contribution is 2.12. The average molecular weight is 324 g/mol. The fourth-order valence-corrected chi connectivity index (χ4v) is 2.34. The summed E-state index contributed by atoms with van der Waals surface area (Å²) in [5, 5.41) is 2.37. The Morgan fingerprint density at radius 1 is 1.27 bits per heavy atom. The molecular formula is C15H18ClN3O3. The zero-order chi connectivity index (χ0) is 15.9. The van der Waals surface area contributed by atoms with E-state index in [1.807, 2.05) is 30.3 Å². The monoisotopic (exact) mass is 323 g/mol. The van der Waals surface area contributed by atoms with Crippen molar-refractivity contribution in [2.45, 2.75) is 13.1 Å². The first-order chi connectivity index (χ1) is 10.7. The first-order valence-electron chi connectivity index (χ1n) is 6.92. The number of halogens is 1. The highest BCUT2D eigenvalue weighted by Gasteiger charge is 2.12. The Labute approximate surface area is 132 Å². The minimum atomic E-state index is -0.512. The van der Waals surface area contributed by atoms with Crippen LogP contribution in [0.25, 0.3) is 11.0 Å². The van der Waals surface area contributed by atoms with Crippen LogP contribution >= 0.6 is 11.6 Å². The van der Waals surface area contributed by atoms with Crippen LogP contribution in [-0.4, -0.2) is 34.8 Å². The summed E-state index contributed by atoms with van der Waals surface area (Å²) in [7, 11) is 1.49. The number of carbonyl (C=O) groups is 1. The van der Waals surface area contributed by atoms with Crippen LogP contribution in [0, 0.1) is 0 Å². The molecule has 0 bridgehead atoms. The maximum atomic E-state index is 12.5. The largest absolute Gasteiger partial charge is 0.448 e. The lowest BCUT2D eigenvalue weighted by atomic mass is 10.3. The lowest BCUT2D eigenvalue weighted by Crippen LogP contribution is -2.27. The number of nitrogens with zero attached hydrogens (tertiary/aromatic N) is 2. The molecule has 0 spiro atoms. The summed E-state index contributed by atoms with van der Waals surface area (Å²) in [4.78, 5) is 23.6. The van der Waals surface area contributed by atoms with E-state index in [4.69, 9.17) is 16.3 Å². The fourth-order valence-electron chi connectivity index (χ4n) is 2.21. The molecule has 1 heterocycles. The van der Waals surface area contributed by atoms with Crippen molar-refractivity contribution in [2.24, 2.45) is 0 Å². The molecule has 7 heteroatoms. The number of hydrogen-bond acceptors (Lipinski definition) is 3. The first-order valence-corrected chi connectivity index (χ1v) is 7.46. The van der Waals surface area contributed by atoms with Gasteiger partial charge in [0.05, 0.1) is 17.6 Å². The molecule has 0 fully saturated rings. The number of nitrogens with one attached hydrogen (secondary N) is 1. The van der Waals surface area contributed by atoms with Gasteiger partial charge >= 0.3 is 11.8 Å². The second kappa shape index (κ2) is 7.70. The van der Waals surface area contributed by atoms with E-state index in [9.17, 15) is 9.59 Å². The van der Waals surface area contributed by atoms with Gasteiger partial charge in [-0.25, -0.2) is 9.59 Å². The van der Waals surface area contributed by atoms with Gasteiger partial charge in [0.25, 0.3) is 0 Å². The molecule has 2 rings (SSSR count). The number of para-hydroxylation sites is 2. The summed E-state index contributed by atoms with van der Waals surface area (Å²) < 4.78 is 8.23. The van der Waals surface area contributed by atoms with Crippen molar-refractivity contribution in [1.82, 2.24) is 14.5 Å². The van der Waals surface area contributed by atoms with E-state index in [2.05, 4.69) is 5.32 Å². The summed E-state index contributed by atoms with van der Waals surface area (Å²) in [6, 6.07) is 7.52. The molecule has 0 aliphatic heterocycles. The molecule has 0 aliphatic carbocycles. The van der Waals surface area contributed by atoms with Crippen molar-refractivity contribution < 1.29 is 9.53 Å². The highest BCUT2D eigenvalue weighted by atomic mass is 35.5. The second-order valence-electron chi connectivity index (χ2n) is 4.55. The van der Waals surface area contributed by atoms with Crippen molar-refractivity contribution in [3.63, 3.8) is 0 Å². The lowest BCUT2D eigenvalue weighted by molar-refractivity contribution is 0.144. The number of amides is 1. The van der Waals surface area contributed by atoms with E-state index in [1.54, 1.807) is 15.2 Å². The minimum Gasteiger partial charge on any atom is -0.448 e. The molecule has 2 aromatic rings. The first kappa shape index (κ1) is 16.2. The Balaban J connectivity index is 2.29. The smallest absolute Gasteiger partial charge is 0.406 e. The number of aromatic nitrogens is 2. The summed E-state index contributed by atoms with van der Waals surface area (Å²) in [5.41, 5.74) is 1.51. The third-order valence-electron chi connectivity index (χ3n) is 3.22. The van der Waals surface area contributed by atoms with Crippen molar-refractivity contribution in [1.29, 1.82) is 0 Å². The third-order valence-corrected chi connectivity index (χ3v) is 3.40. The second-order valence-corrected chi connectivity index (χ2v) is 4.85. The van der Waals surface area contributed by atoms with Crippen LogP contribution in [0.4, 0.5) is 4.79 Å². The molecule has 6 nitrogen and oxygen atoms in total. The van der Waals surface area contributed by atoms with Gasteiger partial charge in [-0.3, -0.25) is 9.13 Å². The number of imidazole rings is 1. The number of alkyl halides is 1. The van der Waals surface area contributed by atoms with Crippen molar-refractivity contribution in [3.05, 3.63) is 46.9 Å². The third kappa shape index (κ3) is 3.51. The zero-order valence-electron chi connectivity index (χ0n) is 12.3. The van der Waals surface area contributed by atoms with Crippen molar-refractivity contribution >= 4 is 28.7 Å². The molecule has 0 saturated heterocycles. The Bertz CT molecular complexity index is 733. The van der Waals surface area contributed by atoms with Crippen LogP contribution in [0.1, 0.15) is 0 Å². The standard InChI is InChI=1S/C15H18ClN3O3/c1-17-14(20)22-11-10-19-13-7-3-2-6-12(13)18(15(19)21)9-5-4-8-16/h2-7H,8-11H2,1H3,(H,17,20)/b5-4-. The van der Waals surface area contributed by atoms with Crippen LogP contribution < -0.4 is 11.0 Å². The minimum absolute atomic E-state index is 0.130. The highest BCUT2D eigenvalue weighted by molar-refractivity contribution is 6.18. The SMILES string of the molecule is CNC(=O)OCCn1c(=O)n(C/C=C\CCl)c2ccccc21. The molecule has 118 valence electrons. The molecule has 0 atom stereocenters. The summed E-state index contributed by atoms with van der Waals surface area (Å²) >= 11 is 5.61. The van der Waals surface area contributed by atoms with Gasteiger partial charge in [-0.2, -0.15) is 0 Å². The summed E-state index contributed by atoms with van der Waals surface area (Å²) in [5.74, 6) is 0.410. The van der Waals surface area contributed by atoms with E-state index >= 15 is 0 Å². The number of allylic oxidation sites excluding steroid dienone is 2. The maximum absolute atomic E-state index is 12.5. The Kier molecular flexibility index (Phi) is 5.66. The van der Waals surface area contributed by atoms with E-state index in [0.29, 0.717) is 19.0 Å². The van der Waals surface area contributed by atoms with Crippen molar-refractivity contribution in [2.75, 3.05) is 19.5 Å². The Hall–Kier alpha value is -2.21. The molecule has 22 heavy (non-hydrogen) atoms. The number of benzene rings is 1. The lowest BCUT2D eigenvalue weighted by Gasteiger charge is -2.04. The fraction of sp³-hybridized carbons (Fsp3) is 0.333. The van der Waals surface area contributed by atoms with Crippen LogP contribution in [0.2, 0.25) is 0 Å². The van der Waals surface area contributed by atoms with Gasteiger partial charge in [0.1, 0.15) is 6.61 Å². The topological polar surface area (TPSA) is 65.3 Å². The average Bonchev–Trinajstić information content (AvgIpc) is 2.80. The molecule has 1 aromatic heterocycles. The number of ether oxygens (including phenoxy) is 1. The van der Waals surface area contributed by atoms with Gasteiger partial charge in [0, 0.05) is 19.5 Å². The molecule has 1 N–H and O–H groups in total. The molecular weight excluding hydrogens is 306 g/mol. The van der Waals surface area contributed by atoms with Gasteiger partial charge < -0.3 is 10.1 Å². The maximum Gasteiger partial charge on any atom is 0.406 e. The van der Waals surface area contributed by atoms with Crippen LogP contribution in [0.5, 0.6) is 0 Å². The summed E-state index contributed by atoms with van der Waals surface area (Å²) in [6.07, 6.45) is 3.14. The zero-order valence-corrected chi connectivity index (χ0v) is 13.0. The van der Waals surface area contributed by atoms with Gasteiger partial charge in [0.15, 0.2) is 0 Å². The van der Waals surface area contributed by atoms with Crippen LogP contribution in [0.3, 0.4) is 0 Å². The van der Waals surface area contributed by atoms with Gasteiger partial charge in [0.2, 0.25) is 0 Å². The van der Waals surface area contributed by atoms with E-state index in [1.165, 1.54) is 7.05 Å². The van der Waals surface area contributed by atoms with Crippen LogP contribution in [-0.2, 0) is 17.8 Å². The van der Waals surface area contributed by atoms with Gasteiger partial charge in [-0.1, -0.05) is 24.3 Å². The Morgan fingerprint density at radius 2 is 1.95 bits per heavy atom. The molecule has 0 unspecified atom stereocenters. The molecule has 0 aliphatic rings. The normalized spacial score (nSPS) is 11.2. The molecule has 0 saturated carbocycles. The number of alkyl carbamates (subject to hydrolysis) is 1. The predicted molar refractivity (Wildman–Crippen MR) is 86.5 cm³/mol. The van der Waals surface area contributed by atoms with Crippen LogP contribution in [0.15, 0.2) is 41.2 Å². The van der Waals surface area contributed by atoms with E-state index in [-0.39, 0.29) is 12.3 Å². The van der Waals surface area contributed by atoms with E-state index in [0.717, 1.165) is 11.0 Å². The van der Waals surface area contributed by atoms with Gasteiger partial charge in [-0.05, 0) is 12.1 Å². The quantitative estimate of drug-likeness (QED) is 0.653. The number of rotatable bonds is 6.